The second-order valence-electron chi connectivity index (χ2n) is 4.43. The van der Waals surface area contributed by atoms with Gasteiger partial charge in [0.2, 0.25) is 0 Å². The van der Waals surface area contributed by atoms with Gasteiger partial charge < -0.3 is 5.32 Å². The molecule has 0 saturated carbocycles. The van der Waals surface area contributed by atoms with Crippen LogP contribution in [0.4, 0.5) is 0 Å². The van der Waals surface area contributed by atoms with Crippen LogP contribution in [-0.2, 0) is 6.42 Å². The Bertz CT molecular complexity index is 448. The summed E-state index contributed by atoms with van der Waals surface area (Å²) in [6.45, 7) is 2.15. The molecule has 17 heavy (non-hydrogen) atoms. The molecule has 2 heteroatoms. The van der Waals surface area contributed by atoms with E-state index in [0.717, 1.165) is 12.8 Å². The zero-order valence-electron chi connectivity index (χ0n) is 10.4. The highest BCUT2D eigenvalue weighted by molar-refractivity contribution is 7.07. The molecule has 0 aliphatic rings. The van der Waals surface area contributed by atoms with Crippen LogP contribution in [0.15, 0.2) is 41.1 Å². The molecule has 0 amide bonds. The van der Waals surface area contributed by atoms with Crippen molar-refractivity contribution in [3.8, 4) is 0 Å². The number of nitrogens with one attached hydrogen (secondary N) is 1. The number of hydrogen-bond acceptors (Lipinski definition) is 2. The summed E-state index contributed by atoms with van der Waals surface area (Å²) in [6, 6.07) is 11.4. The van der Waals surface area contributed by atoms with Crippen molar-refractivity contribution in [2.75, 3.05) is 7.05 Å². The Kier molecular flexibility index (Phi) is 4.35. The summed E-state index contributed by atoms with van der Waals surface area (Å²) in [5.41, 5.74) is 4.17. The van der Waals surface area contributed by atoms with Crippen LogP contribution in [0.2, 0.25) is 0 Å². The summed E-state index contributed by atoms with van der Waals surface area (Å²) >= 11 is 1.78. The number of aryl methyl sites for hydroxylation is 2. The van der Waals surface area contributed by atoms with E-state index >= 15 is 0 Å². The first-order valence-corrected chi connectivity index (χ1v) is 6.99. The summed E-state index contributed by atoms with van der Waals surface area (Å²) in [5, 5.41) is 7.80. The van der Waals surface area contributed by atoms with Gasteiger partial charge in [-0.05, 0) is 54.8 Å². The van der Waals surface area contributed by atoms with E-state index in [9.17, 15) is 0 Å². The smallest absolute Gasteiger partial charge is 0.0320 e. The van der Waals surface area contributed by atoms with Gasteiger partial charge in [-0.2, -0.15) is 11.3 Å². The van der Waals surface area contributed by atoms with Gasteiger partial charge in [0.05, 0.1) is 0 Å². The van der Waals surface area contributed by atoms with E-state index in [1.54, 1.807) is 11.3 Å². The zero-order chi connectivity index (χ0) is 12.1. The van der Waals surface area contributed by atoms with Crippen LogP contribution in [-0.4, -0.2) is 7.05 Å². The van der Waals surface area contributed by atoms with Gasteiger partial charge in [0, 0.05) is 6.04 Å². The molecule has 0 saturated heterocycles. The Morgan fingerprint density at radius 2 is 2.18 bits per heavy atom. The van der Waals surface area contributed by atoms with Crippen LogP contribution in [0.5, 0.6) is 0 Å². The largest absolute Gasteiger partial charge is 0.313 e. The lowest BCUT2D eigenvalue weighted by Crippen LogP contribution is -2.17. The quantitative estimate of drug-likeness (QED) is 0.841. The highest BCUT2D eigenvalue weighted by Crippen LogP contribution is 2.20. The molecule has 0 radical (unpaired) electrons. The molecule has 1 atom stereocenters. The maximum absolute atomic E-state index is 3.41. The molecular formula is C15H19NS. The summed E-state index contributed by atoms with van der Waals surface area (Å²) in [4.78, 5) is 0. The number of rotatable bonds is 5. The molecule has 1 N–H and O–H groups in total. The molecular weight excluding hydrogens is 226 g/mol. The van der Waals surface area contributed by atoms with E-state index in [-0.39, 0.29) is 0 Å². The first-order chi connectivity index (χ1) is 8.29. The van der Waals surface area contributed by atoms with Gasteiger partial charge in [0.25, 0.3) is 0 Å². The molecule has 2 rings (SSSR count). The normalized spacial score (nSPS) is 12.6. The molecule has 1 nitrogen and oxygen atoms in total. The van der Waals surface area contributed by atoms with Crippen LogP contribution >= 0.6 is 11.3 Å². The van der Waals surface area contributed by atoms with Crippen molar-refractivity contribution in [1.29, 1.82) is 0 Å². The number of hydrogen-bond donors (Lipinski definition) is 1. The van der Waals surface area contributed by atoms with E-state index in [2.05, 4.69) is 53.3 Å². The van der Waals surface area contributed by atoms with Crippen LogP contribution < -0.4 is 5.32 Å². The third-order valence-corrected chi connectivity index (χ3v) is 3.83. The Morgan fingerprint density at radius 1 is 1.29 bits per heavy atom. The van der Waals surface area contributed by atoms with Gasteiger partial charge in [0.15, 0.2) is 0 Å². The molecule has 1 aromatic carbocycles. The highest BCUT2D eigenvalue weighted by atomic mass is 32.1. The molecule has 0 aliphatic heterocycles. The maximum atomic E-state index is 3.41. The molecule has 1 aromatic heterocycles. The topological polar surface area (TPSA) is 12.0 Å². The van der Waals surface area contributed by atoms with Gasteiger partial charge in [-0.15, -0.1) is 0 Å². The molecule has 1 heterocycles. The summed E-state index contributed by atoms with van der Waals surface area (Å²) in [5.74, 6) is 0. The molecule has 0 spiro atoms. The van der Waals surface area contributed by atoms with E-state index in [0.29, 0.717) is 6.04 Å². The lowest BCUT2D eigenvalue weighted by Gasteiger charge is -2.16. The van der Waals surface area contributed by atoms with E-state index in [1.165, 1.54) is 16.7 Å². The fraction of sp³-hybridized carbons (Fsp3) is 0.333. The lowest BCUT2D eigenvalue weighted by atomic mass is 9.99. The van der Waals surface area contributed by atoms with Crippen molar-refractivity contribution >= 4 is 11.3 Å². The Hall–Kier alpha value is -1.12. The van der Waals surface area contributed by atoms with Gasteiger partial charge in [-0.3, -0.25) is 0 Å². The van der Waals surface area contributed by atoms with Crippen molar-refractivity contribution in [3.05, 3.63) is 57.8 Å². The van der Waals surface area contributed by atoms with Crippen LogP contribution in [0.3, 0.4) is 0 Å². The fourth-order valence-electron chi connectivity index (χ4n) is 2.11. The molecule has 1 unspecified atom stereocenters. The Labute approximate surface area is 108 Å². The average Bonchev–Trinajstić information content (AvgIpc) is 2.83. The van der Waals surface area contributed by atoms with Crippen molar-refractivity contribution < 1.29 is 0 Å². The highest BCUT2D eigenvalue weighted by Gasteiger charge is 2.09. The second kappa shape index (κ2) is 5.99. The summed E-state index contributed by atoms with van der Waals surface area (Å²) in [7, 11) is 2.04. The average molecular weight is 245 g/mol. The molecule has 90 valence electrons. The molecule has 0 aliphatic carbocycles. The van der Waals surface area contributed by atoms with Gasteiger partial charge in [-0.25, -0.2) is 0 Å². The number of thiophene rings is 1. The van der Waals surface area contributed by atoms with Crippen molar-refractivity contribution in [2.45, 2.75) is 25.8 Å². The fourth-order valence-corrected chi connectivity index (χ4v) is 2.81. The SMILES string of the molecule is CNC(CCc1ccsc1)c1cccc(C)c1. The van der Waals surface area contributed by atoms with Crippen LogP contribution in [0, 0.1) is 6.92 Å². The van der Waals surface area contributed by atoms with Gasteiger partial charge >= 0.3 is 0 Å². The molecule has 0 bridgehead atoms. The monoisotopic (exact) mass is 245 g/mol. The van der Waals surface area contributed by atoms with Crippen LogP contribution in [0.25, 0.3) is 0 Å². The zero-order valence-corrected chi connectivity index (χ0v) is 11.3. The molecule has 0 fully saturated rings. The van der Waals surface area contributed by atoms with E-state index in [1.807, 2.05) is 7.05 Å². The standard InChI is InChI=1S/C15H19NS/c1-12-4-3-5-14(10-12)15(16-2)7-6-13-8-9-17-11-13/h3-5,8-11,15-16H,6-7H2,1-2H3. The predicted molar refractivity (Wildman–Crippen MR) is 75.6 cm³/mol. The van der Waals surface area contributed by atoms with Gasteiger partial charge in [0.1, 0.15) is 0 Å². The van der Waals surface area contributed by atoms with Crippen molar-refractivity contribution in [1.82, 2.24) is 5.32 Å². The van der Waals surface area contributed by atoms with Gasteiger partial charge in [-0.1, -0.05) is 29.8 Å². The first-order valence-electron chi connectivity index (χ1n) is 6.04. The Balaban J connectivity index is 2.01. The first kappa shape index (κ1) is 12.3. The molecule has 2 aromatic rings. The van der Waals surface area contributed by atoms with Crippen molar-refractivity contribution in [3.63, 3.8) is 0 Å². The minimum absolute atomic E-state index is 0.454. The summed E-state index contributed by atoms with van der Waals surface area (Å²) in [6.07, 6.45) is 2.29. The van der Waals surface area contributed by atoms with E-state index < -0.39 is 0 Å². The third kappa shape index (κ3) is 3.42. The lowest BCUT2D eigenvalue weighted by molar-refractivity contribution is 0.549. The summed E-state index contributed by atoms with van der Waals surface area (Å²) < 4.78 is 0. The third-order valence-electron chi connectivity index (χ3n) is 3.09. The minimum atomic E-state index is 0.454. The predicted octanol–water partition coefficient (Wildman–Crippen LogP) is 3.95. The maximum Gasteiger partial charge on any atom is 0.0320 e. The van der Waals surface area contributed by atoms with Crippen LogP contribution in [0.1, 0.15) is 29.2 Å². The second-order valence-corrected chi connectivity index (χ2v) is 5.21. The Morgan fingerprint density at radius 3 is 2.82 bits per heavy atom. The van der Waals surface area contributed by atoms with E-state index in [4.69, 9.17) is 0 Å². The number of benzene rings is 1. The minimum Gasteiger partial charge on any atom is -0.313 e. The van der Waals surface area contributed by atoms with Crippen molar-refractivity contribution in [2.24, 2.45) is 0 Å².